The number of likely N-dealkylation sites (N-methyl/N-ethyl adjacent to an activating group) is 1. The Morgan fingerprint density at radius 3 is 2.21 bits per heavy atom. The molecule has 180 valence electrons. The summed E-state index contributed by atoms with van der Waals surface area (Å²) in [5.41, 5.74) is 0.725. The van der Waals surface area contributed by atoms with E-state index in [1.165, 1.54) is 36.2 Å². The lowest BCUT2D eigenvalue weighted by molar-refractivity contribution is -0.140. The number of amides is 2. The van der Waals surface area contributed by atoms with Gasteiger partial charge in [0.2, 0.25) is 21.8 Å². The molecule has 7 nitrogen and oxygen atoms in total. The second kappa shape index (κ2) is 11.8. The maximum Gasteiger partial charge on any atom is 0.243 e. The van der Waals surface area contributed by atoms with Crippen molar-refractivity contribution in [2.75, 3.05) is 20.1 Å². The number of nitrogens with zero attached hydrogens (tertiary/aromatic N) is 2. The zero-order valence-corrected chi connectivity index (χ0v) is 21.4. The summed E-state index contributed by atoms with van der Waals surface area (Å²) in [6.45, 7) is 5.68. The van der Waals surface area contributed by atoms with Gasteiger partial charge in [-0.25, -0.2) is 8.42 Å². The first-order valence-corrected chi connectivity index (χ1v) is 12.6. The van der Waals surface area contributed by atoms with Crippen LogP contribution >= 0.6 is 23.2 Å². The molecule has 0 aliphatic heterocycles. The summed E-state index contributed by atoms with van der Waals surface area (Å²) in [7, 11) is -2.60. The van der Waals surface area contributed by atoms with E-state index in [9.17, 15) is 18.0 Å². The van der Waals surface area contributed by atoms with Gasteiger partial charge in [0.15, 0.2) is 0 Å². The molecule has 0 heterocycles. The molecule has 0 fully saturated rings. The van der Waals surface area contributed by atoms with Crippen LogP contribution in [0.15, 0.2) is 53.4 Å². The lowest BCUT2D eigenvalue weighted by Gasteiger charge is -2.30. The highest BCUT2D eigenvalue weighted by molar-refractivity contribution is 7.89. The number of benzene rings is 2. The van der Waals surface area contributed by atoms with Crippen molar-refractivity contribution >= 4 is 45.0 Å². The Kier molecular flexibility index (Phi) is 9.72. The summed E-state index contributed by atoms with van der Waals surface area (Å²) < 4.78 is 26.8. The Labute approximate surface area is 205 Å². The fourth-order valence-electron chi connectivity index (χ4n) is 3.02. The van der Waals surface area contributed by atoms with Gasteiger partial charge in [0.05, 0.1) is 11.4 Å². The molecule has 2 rings (SSSR count). The molecule has 0 unspecified atom stereocenters. The molecule has 10 heteroatoms. The molecular weight excluding hydrogens is 485 g/mol. The van der Waals surface area contributed by atoms with Crippen LogP contribution < -0.4 is 5.32 Å². The Morgan fingerprint density at radius 2 is 1.64 bits per heavy atom. The van der Waals surface area contributed by atoms with Crippen LogP contribution in [0.25, 0.3) is 0 Å². The molecule has 1 atom stereocenters. The molecule has 0 saturated carbocycles. The summed E-state index contributed by atoms with van der Waals surface area (Å²) in [5.74, 6) is -0.585. The van der Waals surface area contributed by atoms with Gasteiger partial charge in [-0.2, -0.15) is 4.31 Å². The van der Waals surface area contributed by atoms with E-state index < -0.39 is 28.5 Å². The third kappa shape index (κ3) is 7.71. The molecule has 2 aromatic carbocycles. The zero-order valence-electron chi connectivity index (χ0n) is 19.1. The first-order valence-electron chi connectivity index (χ1n) is 10.5. The van der Waals surface area contributed by atoms with E-state index in [1.54, 1.807) is 31.2 Å². The molecule has 0 radical (unpaired) electrons. The minimum absolute atomic E-state index is 0.0197. The van der Waals surface area contributed by atoms with Crippen LogP contribution in [0, 0.1) is 5.92 Å². The third-order valence-electron chi connectivity index (χ3n) is 4.97. The van der Waals surface area contributed by atoms with E-state index in [1.807, 2.05) is 13.8 Å². The Hall–Kier alpha value is -2.13. The lowest BCUT2D eigenvalue weighted by Crippen LogP contribution is -2.51. The van der Waals surface area contributed by atoms with E-state index in [-0.39, 0.29) is 23.3 Å². The number of hydrogen-bond acceptors (Lipinski definition) is 4. The predicted molar refractivity (Wildman–Crippen MR) is 131 cm³/mol. The van der Waals surface area contributed by atoms with E-state index >= 15 is 0 Å². The lowest BCUT2D eigenvalue weighted by atomic mass is 10.1. The first-order chi connectivity index (χ1) is 15.4. The van der Waals surface area contributed by atoms with Gasteiger partial charge in [-0.1, -0.05) is 49.2 Å². The van der Waals surface area contributed by atoms with Crippen LogP contribution in [-0.2, 0) is 26.2 Å². The standard InChI is InChI=1S/C23H29Cl2N3O4S/c1-16(2)13-26-23(30)17(3)28(14-18-6-5-7-20(25)12-18)22(29)15-27(4)33(31,32)21-10-8-19(24)9-11-21/h5-12,16-17H,13-15H2,1-4H3,(H,26,30)/t17-/m1/s1. The molecule has 1 N–H and O–H groups in total. The molecule has 0 saturated heterocycles. The maximum atomic E-state index is 13.2. The van der Waals surface area contributed by atoms with Gasteiger partial charge < -0.3 is 10.2 Å². The van der Waals surface area contributed by atoms with Crippen molar-refractivity contribution in [1.29, 1.82) is 0 Å². The van der Waals surface area contributed by atoms with Crippen LogP contribution in [0.4, 0.5) is 0 Å². The van der Waals surface area contributed by atoms with Gasteiger partial charge in [0.1, 0.15) is 6.04 Å². The van der Waals surface area contributed by atoms with Crippen LogP contribution in [0.2, 0.25) is 10.0 Å². The quantitative estimate of drug-likeness (QED) is 0.523. The largest absolute Gasteiger partial charge is 0.354 e. The van der Waals surface area contributed by atoms with E-state index in [4.69, 9.17) is 23.2 Å². The van der Waals surface area contributed by atoms with E-state index in [2.05, 4.69) is 5.32 Å². The number of hydrogen-bond donors (Lipinski definition) is 1. The van der Waals surface area contributed by atoms with Gasteiger partial charge in [-0.3, -0.25) is 9.59 Å². The highest BCUT2D eigenvalue weighted by Gasteiger charge is 2.30. The average molecular weight is 514 g/mol. The highest BCUT2D eigenvalue weighted by Crippen LogP contribution is 2.19. The predicted octanol–water partition coefficient (Wildman–Crippen LogP) is 3.80. The molecule has 0 bridgehead atoms. The Balaban J connectivity index is 2.25. The van der Waals surface area contributed by atoms with Crippen LogP contribution in [0.3, 0.4) is 0 Å². The SMILES string of the molecule is CC(C)CNC(=O)[C@@H](C)N(Cc1cccc(Cl)c1)C(=O)CN(C)S(=O)(=O)c1ccc(Cl)cc1. The zero-order chi connectivity index (χ0) is 24.8. The Bertz CT molecular complexity index is 1080. The summed E-state index contributed by atoms with van der Waals surface area (Å²) in [6, 6.07) is 11.8. The number of nitrogens with one attached hydrogen (secondary N) is 1. The number of carbonyl (C=O) groups is 2. The fraction of sp³-hybridized carbons (Fsp3) is 0.391. The third-order valence-corrected chi connectivity index (χ3v) is 7.28. The smallest absolute Gasteiger partial charge is 0.243 e. The van der Waals surface area contributed by atoms with Crippen molar-refractivity contribution in [1.82, 2.24) is 14.5 Å². The molecule has 0 aliphatic rings. The van der Waals surface area contributed by atoms with Gasteiger partial charge in [-0.05, 0) is 54.8 Å². The van der Waals surface area contributed by atoms with E-state index in [0.717, 1.165) is 9.87 Å². The summed E-state index contributed by atoms with van der Waals surface area (Å²) in [4.78, 5) is 27.3. The van der Waals surface area contributed by atoms with Crippen LogP contribution in [-0.4, -0.2) is 55.6 Å². The molecule has 0 aromatic heterocycles. The van der Waals surface area contributed by atoms with E-state index in [0.29, 0.717) is 16.6 Å². The summed E-state index contributed by atoms with van der Waals surface area (Å²) >= 11 is 11.9. The summed E-state index contributed by atoms with van der Waals surface area (Å²) in [5, 5.41) is 3.73. The second-order valence-corrected chi connectivity index (χ2v) is 11.1. The number of rotatable bonds is 10. The molecule has 2 aromatic rings. The normalized spacial score (nSPS) is 12.6. The minimum Gasteiger partial charge on any atom is -0.354 e. The molecule has 33 heavy (non-hydrogen) atoms. The monoisotopic (exact) mass is 513 g/mol. The number of sulfonamides is 1. The van der Waals surface area contributed by atoms with Crippen molar-refractivity contribution in [2.24, 2.45) is 5.92 Å². The molecular formula is C23H29Cl2N3O4S. The van der Waals surface area contributed by atoms with Crippen LogP contribution in [0.1, 0.15) is 26.3 Å². The van der Waals surface area contributed by atoms with Crippen LogP contribution in [0.5, 0.6) is 0 Å². The topological polar surface area (TPSA) is 86.8 Å². The van der Waals surface area contributed by atoms with Crippen molar-refractivity contribution in [3.05, 3.63) is 64.1 Å². The fourth-order valence-corrected chi connectivity index (χ4v) is 4.48. The maximum absolute atomic E-state index is 13.2. The average Bonchev–Trinajstić information content (AvgIpc) is 2.75. The van der Waals surface area contributed by atoms with Gasteiger partial charge in [0, 0.05) is 30.2 Å². The van der Waals surface area contributed by atoms with Gasteiger partial charge >= 0.3 is 0 Å². The van der Waals surface area contributed by atoms with Crippen molar-refractivity contribution < 1.29 is 18.0 Å². The van der Waals surface area contributed by atoms with Crippen molar-refractivity contribution in [3.8, 4) is 0 Å². The highest BCUT2D eigenvalue weighted by atomic mass is 35.5. The summed E-state index contributed by atoms with van der Waals surface area (Å²) in [6.07, 6.45) is 0. The first kappa shape index (κ1) is 27.1. The van der Waals surface area contributed by atoms with Crippen molar-refractivity contribution in [3.63, 3.8) is 0 Å². The Morgan fingerprint density at radius 1 is 1.00 bits per heavy atom. The minimum atomic E-state index is -3.93. The second-order valence-electron chi connectivity index (χ2n) is 8.18. The molecule has 0 spiro atoms. The van der Waals surface area contributed by atoms with Gasteiger partial charge in [-0.15, -0.1) is 0 Å². The van der Waals surface area contributed by atoms with Crippen molar-refractivity contribution in [2.45, 2.75) is 38.3 Å². The van der Waals surface area contributed by atoms with Gasteiger partial charge in [0.25, 0.3) is 0 Å². The number of halogens is 2. The molecule has 0 aliphatic carbocycles. The molecule has 2 amide bonds. The number of carbonyl (C=O) groups excluding carboxylic acids is 2.